The molecule has 0 saturated heterocycles. The van der Waals surface area contributed by atoms with E-state index >= 15 is 0 Å². The van der Waals surface area contributed by atoms with Gasteiger partial charge in [-0.1, -0.05) is 38.5 Å². The average molecular weight is 503 g/mol. The maximum atomic E-state index is 13.1. The third-order valence-electron chi connectivity index (χ3n) is 6.09. The van der Waals surface area contributed by atoms with Crippen molar-refractivity contribution in [3.63, 3.8) is 0 Å². The molecule has 0 radical (unpaired) electrons. The van der Waals surface area contributed by atoms with Gasteiger partial charge in [0, 0.05) is 31.7 Å². The summed E-state index contributed by atoms with van der Waals surface area (Å²) < 4.78 is 24.3. The molecular formula is C23H43N4O6P. The van der Waals surface area contributed by atoms with Gasteiger partial charge in [-0.15, -0.1) is 0 Å². The van der Waals surface area contributed by atoms with Gasteiger partial charge in [0.2, 0.25) is 0 Å². The summed E-state index contributed by atoms with van der Waals surface area (Å²) in [7, 11) is -3.21. The monoisotopic (exact) mass is 502 g/mol. The molecule has 2 heterocycles. The van der Waals surface area contributed by atoms with Crippen molar-refractivity contribution in [2.24, 2.45) is 0 Å². The summed E-state index contributed by atoms with van der Waals surface area (Å²) in [6.45, 7) is 3.84. The molecule has 196 valence electrons. The van der Waals surface area contributed by atoms with Crippen LogP contribution in [0.4, 0.5) is 5.69 Å². The second kappa shape index (κ2) is 16.4. The zero-order chi connectivity index (χ0) is 24.7. The van der Waals surface area contributed by atoms with Crippen molar-refractivity contribution < 1.29 is 23.8 Å². The number of aliphatic hydroxyl groups is 2. The standard InChI is InChI=1S/C23H43N4O6P/c1-2-32-34(31,33-13-10-8-6-4-3-5-7-9-12-28)14-11-20(17-29)24-15-19-16-25-22-21(19)26-18-27-23(22)30/h18-20,24-25,28-29H,2-17H2,1H3,(H,26,27,30)/t19?,20-,34?/m0/s1. The molecule has 0 saturated carbocycles. The minimum absolute atomic E-state index is 0.0241. The van der Waals surface area contributed by atoms with E-state index in [0.29, 0.717) is 38.4 Å². The van der Waals surface area contributed by atoms with E-state index in [1.54, 1.807) is 6.92 Å². The first kappa shape index (κ1) is 28.9. The average Bonchev–Trinajstić information content (AvgIpc) is 3.25. The first-order valence-electron chi connectivity index (χ1n) is 12.7. The molecule has 0 spiro atoms. The maximum absolute atomic E-state index is 13.1. The zero-order valence-electron chi connectivity index (χ0n) is 20.5. The molecule has 0 fully saturated rings. The fraction of sp³-hybridized carbons (Fsp3) is 0.826. The van der Waals surface area contributed by atoms with E-state index in [1.165, 1.54) is 19.2 Å². The van der Waals surface area contributed by atoms with Crippen molar-refractivity contribution in [3.8, 4) is 0 Å². The zero-order valence-corrected chi connectivity index (χ0v) is 21.4. The van der Waals surface area contributed by atoms with Crippen LogP contribution in [0.5, 0.6) is 0 Å². The first-order chi connectivity index (χ1) is 16.5. The van der Waals surface area contributed by atoms with E-state index in [9.17, 15) is 14.5 Å². The molecule has 1 aromatic rings. The van der Waals surface area contributed by atoms with Crippen LogP contribution in [-0.4, -0.2) is 71.9 Å². The Labute approximate surface area is 202 Å². The van der Waals surface area contributed by atoms with E-state index in [4.69, 9.17) is 14.2 Å². The lowest BCUT2D eigenvalue weighted by Gasteiger charge is -2.22. The van der Waals surface area contributed by atoms with Crippen LogP contribution in [0, 0.1) is 0 Å². The Kier molecular flexibility index (Phi) is 14.0. The highest BCUT2D eigenvalue weighted by molar-refractivity contribution is 7.53. The first-order valence-corrected chi connectivity index (χ1v) is 14.4. The highest BCUT2D eigenvalue weighted by atomic mass is 31.2. The number of aliphatic hydroxyl groups excluding tert-OH is 2. The van der Waals surface area contributed by atoms with Crippen molar-refractivity contribution in [2.45, 2.75) is 76.7 Å². The van der Waals surface area contributed by atoms with Crippen LogP contribution < -0.4 is 16.2 Å². The van der Waals surface area contributed by atoms with Crippen LogP contribution in [0.3, 0.4) is 0 Å². The number of nitrogens with one attached hydrogen (secondary N) is 3. The number of hydrogen-bond donors (Lipinski definition) is 5. The van der Waals surface area contributed by atoms with Crippen LogP contribution in [0.25, 0.3) is 0 Å². The Morgan fingerprint density at radius 1 is 1.15 bits per heavy atom. The molecule has 1 aliphatic rings. The van der Waals surface area contributed by atoms with Gasteiger partial charge in [0.15, 0.2) is 0 Å². The summed E-state index contributed by atoms with van der Waals surface area (Å²) in [4.78, 5) is 18.7. The van der Waals surface area contributed by atoms with Gasteiger partial charge in [0.05, 0.1) is 38.0 Å². The number of aromatic amines is 1. The van der Waals surface area contributed by atoms with Crippen LogP contribution >= 0.6 is 7.60 Å². The van der Waals surface area contributed by atoms with E-state index in [2.05, 4.69) is 20.6 Å². The van der Waals surface area contributed by atoms with E-state index < -0.39 is 7.60 Å². The molecule has 10 nitrogen and oxygen atoms in total. The second-order valence-electron chi connectivity index (χ2n) is 8.78. The minimum Gasteiger partial charge on any atom is -0.396 e. The quantitative estimate of drug-likeness (QED) is 0.134. The highest BCUT2D eigenvalue weighted by Crippen LogP contribution is 2.49. The fourth-order valence-corrected chi connectivity index (χ4v) is 5.87. The SMILES string of the molecule is CCOP(=O)(CC[C@@H](CO)NCC1CNc2c1nc[nH]c2=O)OCCCCCCCCCCO. The van der Waals surface area contributed by atoms with E-state index in [1.807, 2.05) is 0 Å². The number of fused-ring (bicyclic) bond motifs is 1. The molecule has 5 N–H and O–H groups in total. The molecule has 0 amide bonds. The fourth-order valence-electron chi connectivity index (χ4n) is 4.11. The van der Waals surface area contributed by atoms with Gasteiger partial charge < -0.3 is 34.9 Å². The van der Waals surface area contributed by atoms with Crippen molar-refractivity contribution in [1.29, 1.82) is 0 Å². The predicted octanol–water partition coefficient (Wildman–Crippen LogP) is 2.98. The molecule has 3 atom stereocenters. The van der Waals surface area contributed by atoms with Crippen LogP contribution in [-0.2, 0) is 13.6 Å². The Morgan fingerprint density at radius 2 is 1.85 bits per heavy atom. The molecule has 2 rings (SSSR count). The van der Waals surface area contributed by atoms with Crippen LogP contribution in [0.15, 0.2) is 11.1 Å². The third kappa shape index (κ3) is 10.1. The summed E-state index contributed by atoms with van der Waals surface area (Å²) in [5, 5.41) is 25.0. The summed E-state index contributed by atoms with van der Waals surface area (Å²) in [5.41, 5.74) is 1.05. The molecule has 0 aromatic carbocycles. The summed E-state index contributed by atoms with van der Waals surface area (Å²) in [5.74, 6) is 0.0241. The maximum Gasteiger partial charge on any atom is 0.330 e. The summed E-state index contributed by atoms with van der Waals surface area (Å²) in [6.07, 6.45) is 10.6. The lowest BCUT2D eigenvalue weighted by molar-refractivity contribution is 0.201. The Morgan fingerprint density at radius 3 is 2.53 bits per heavy atom. The molecule has 0 aliphatic carbocycles. The van der Waals surface area contributed by atoms with Crippen molar-refractivity contribution >= 4 is 13.3 Å². The number of hydrogen-bond acceptors (Lipinski definition) is 9. The van der Waals surface area contributed by atoms with Gasteiger partial charge >= 0.3 is 7.60 Å². The summed E-state index contributed by atoms with van der Waals surface area (Å²) in [6, 6.07) is -0.255. The largest absolute Gasteiger partial charge is 0.396 e. The normalized spacial score (nSPS) is 17.8. The van der Waals surface area contributed by atoms with Crippen molar-refractivity contribution in [1.82, 2.24) is 15.3 Å². The summed E-state index contributed by atoms with van der Waals surface area (Å²) >= 11 is 0. The van der Waals surface area contributed by atoms with E-state index in [-0.39, 0.29) is 36.9 Å². The number of H-pyrrole nitrogens is 1. The predicted molar refractivity (Wildman–Crippen MR) is 134 cm³/mol. The molecule has 11 heteroatoms. The molecular weight excluding hydrogens is 459 g/mol. The Bertz CT molecular complexity index is 793. The molecule has 1 aromatic heterocycles. The van der Waals surface area contributed by atoms with E-state index in [0.717, 1.165) is 44.2 Å². The number of rotatable bonds is 20. The topological polar surface area (TPSA) is 146 Å². The molecule has 2 unspecified atom stereocenters. The molecule has 0 bridgehead atoms. The minimum atomic E-state index is -3.21. The second-order valence-corrected chi connectivity index (χ2v) is 11.0. The van der Waals surface area contributed by atoms with Gasteiger partial charge in [-0.05, 0) is 26.2 Å². The van der Waals surface area contributed by atoms with Crippen molar-refractivity contribution in [3.05, 3.63) is 22.4 Å². The molecule has 1 aliphatic heterocycles. The number of aromatic nitrogens is 2. The van der Waals surface area contributed by atoms with Gasteiger partial charge in [0.25, 0.3) is 5.56 Å². The van der Waals surface area contributed by atoms with Crippen LogP contribution in [0.2, 0.25) is 0 Å². The highest BCUT2D eigenvalue weighted by Gasteiger charge is 2.28. The lowest BCUT2D eigenvalue weighted by Crippen LogP contribution is -2.36. The van der Waals surface area contributed by atoms with Gasteiger partial charge in [0.1, 0.15) is 5.69 Å². The number of unbranched alkanes of at least 4 members (excludes halogenated alkanes) is 7. The molecule has 34 heavy (non-hydrogen) atoms. The number of anilines is 1. The smallest absolute Gasteiger partial charge is 0.330 e. The van der Waals surface area contributed by atoms with Gasteiger partial charge in [-0.3, -0.25) is 9.36 Å². The van der Waals surface area contributed by atoms with Gasteiger partial charge in [-0.25, -0.2) is 4.98 Å². The van der Waals surface area contributed by atoms with Crippen molar-refractivity contribution in [2.75, 3.05) is 51.0 Å². The third-order valence-corrected chi connectivity index (χ3v) is 8.12. The number of nitrogens with zero attached hydrogens (tertiary/aromatic N) is 1. The van der Waals surface area contributed by atoms with Crippen LogP contribution in [0.1, 0.15) is 76.3 Å². The Balaban J connectivity index is 1.67. The Hall–Kier alpha value is -1.29. The lowest BCUT2D eigenvalue weighted by atomic mass is 10.1. The van der Waals surface area contributed by atoms with Gasteiger partial charge in [-0.2, -0.15) is 0 Å².